The molecule has 8 nitrogen and oxygen atoms in total. The van der Waals surface area contributed by atoms with Crippen molar-refractivity contribution < 1.29 is 9.32 Å². The second-order valence-corrected chi connectivity index (χ2v) is 8.44. The molecule has 0 saturated carbocycles. The van der Waals surface area contributed by atoms with Crippen LogP contribution >= 0.6 is 11.3 Å². The fraction of sp³-hybridized carbons (Fsp3) is 0.273. The number of benzene rings is 1. The minimum absolute atomic E-state index is 0.0566. The number of carbonyl (C=O) groups is 1. The van der Waals surface area contributed by atoms with E-state index in [0.717, 1.165) is 29.3 Å². The van der Waals surface area contributed by atoms with Gasteiger partial charge in [-0.3, -0.25) is 9.69 Å². The molecule has 1 fully saturated rings. The first kappa shape index (κ1) is 19.7. The van der Waals surface area contributed by atoms with Crippen molar-refractivity contribution in [2.75, 3.05) is 26.2 Å². The second-order valence-electron chi connectivity index (χ2n) is 7.49. The van der Waals surface area contributed by atoms with Crippen LogP contribution in [0.5, 0.6) is 0 Å². The third-order valence-electron chi connectivity index (χ3n) is 5.42. The minimum atomic E-state index is 0.0566. The van der Waals surface area contributed by atoms with Gasteiger partial charge in [0.1, 0.15) is 0 Å². The lowest BCUT2D eigenvalue weighted by Gasteiger charge is -2.34. The molecule has 0 N–H and O–H groups in total. The first-order chi connectivity index (χ1) is 15.2. The molecule has 0 bridgehead atoms. The standard InChI is InChI=1S/C22H22N6O2S/c1-16-8-9-23-28(16)18-6-4-17(5-7-18)22(29)27-12-10-26(11-13-27)15-20-24-21(25-30-20)19-3-2-14-31-19/h2-9,14H,10-13,15H2,1H3. The van der Waals surface area contributed by atoms with Crippen LogP contribution < -0.4 is 0 Å². The predicted octanol–water partition coefficient (Wildman–Crippen LogP) is 3.25. The van der Waals surface area contributed by atoms with Gasteiger partial charge in [0.15, 0.2) is 0 Å². The number of nitrogens with zero attached hydrogens (tertiary/aromatic N) is 6. The normalized spacial score (nSPS) is 14.8. The highest BCUT2D eigenvalue weighted by Gasteiger charge is 2.23. The van der Waals surface area contributed by atoms with Gasteiger partial charge in [0.2, 0.25) is 11.7 Å². The van der Waals surface area contributed by atoms with E-state index < -0.39 is 0 Å². The van der Waals surface area contributed by atoms with Gasteiger partial charge < -0.3 is 9.42 Å². The Labute approximate surface area is 183 Å². The molecule has 158 valence electrons. The summed E-state index contributed by atoms with van der Waals surface area (Å²) in [4.78, 5) is 22.5. The summed E-state index contributed by atoms with van der Waals surface area (Å²) < 4.78 is 7.26. The molecule has 0 unspecified atom stereocenters. The van der Waals surface area contributed by atoms with E-state index in [1.165, 1.54) is 0 Å². The van der Waals surface area contributed by atoms with Crippen LogP contribution in [-0.2, 0) is 6.54 Å². The summed E-state index contributed by atoms with van der Waals surface area (Å²) in [6.07, 6.45) is 1.77. The molecule has 4 heterocycles. The maximum absolute atomic E-state index is 12.9. The average Bonchev–Trinajstić information content (AvgIpc) is 3.56. The third kappa shape index (κ3) is 4.14. The van der Waals surface area contributed by atoms with Crippen LogP contribution in [0.3, 0.4) is 0 Å². The smallest absolute Gasteiger partial charge is 0.253 e. The Bertz CT molecular complexity index is 1160. The van der Waals surface area contributed by atoms with Gasteiger partial charge in [0.25, 0.3) is 5.91 Å². The zero-order valence-electron chi connectivity index (χ0n) is 17.1. The largest absolute Gasteiger partial charge is 0.338 e. The van der Waals surface area contributed by atoms with Crippen LogP contribution in [0, 0.1) is 6.92 Å². The van der Waals surface area contributed by atoms with Gasteiger partial charge in [0.05, 0.1) is 17.1 Å². The number of aryl methyl sites for hydroxylation is 1. The summed E-state index contributed by atoms with van der Waals surface area (Å²) in [6, 6.07) is 13.5. The number of aromatic nitrogens is 4. The van der Waals surface area contributed by atoms with Crippen LogP contribution in [0.1, 0.15) is 21.9 Å². The van der Waals surface area contributed by atoms with Crippen LogP contribution in [0.25, 0.3) is 16.4 Å². The quantitative estimate of drug-likeness (QED) is 0.480. The summed E-state index contributed by atoms with van der Waals surface area (Å²) in [5, 5.41) is 10.4. The molecule has 9 heteroatoms. The Hall–Kier alpha value is -3.30. The third-order valence-corrected chi connectivity index (χ3v) is 6.28. The summed E-state index contributed by atoms with van der Waals surface area (Å²) in [5.41, 5.74) is 2.70. The minimum Gasteiger partial charge on any atom is -0.338 e. The van der Waals surface area contributed by atoms with Crippen LogP contribution in [0.15, 0.2) is 58.6 Å². The average molecular weight is 435 g/mol. The van der Waals surface area contributed by atoms with Crippen molar-refractivity contribution in [3.63, 3.8) is 0 Å². The van der Waals surface area contributed by atoms with Crippen LogP contribution in [0.4, 0.5) is 0 Å². The molecular formula is C22H22N6O2S. The SMILES string of the molecule is Cc1ccnn1-c1ccc(C(=O)N2CCN(Cc3nc(-c4cccs4)no3)CC2)cc1. The predicted molar refractivity (Wildman–Crippen MR) is 117 cm³/mol. The zero-order valence-corrected chi connectivity index (χ0v) is 18.0. The molecule has 3 aromatic heterocycles. The second kappa shape index (κ2) is 8.44. The van der Waals surface area contributed by atoms with Crippen molar-refractivity contribution in [2.45, 2.75) is 13.5 Å². The molecule has 0 spiro atoms. The number of amides is 1. The number of rotatable bonds is 5. The molecule has 1 amide bonds. The lowest BCUT2D eigenvalue weighted by molar-refractivity contribution is 0.0615. The Balaban J connectivity index is 1.17. The summed E-state index contributed by atoms with van der Waals surface area (Å²) in [7, 11) is 0. The van der Waals surface area contributed by atoms with Gasteiger partial charge in [-0.05, 0) is 48.7 Å². The molecule has 1 aliphatic heterocycles. The number of piperazine rings is 1. The van der Waals surface area contributed by atoms with Crippen molar-refractivity contribution >= 4 is 17.2 Å². The highest BCUT2D eigenvalue weighted by atomic mass is 32.1. The fourth-order valence-corrected chi connectivity index (χ4v) is 4.34. The monoisotopic (exact) mass is 434 g/mol. The number of hydrogen-bond donors (Lipinski definition) is 0. The number of hydrogen-bond acceptors (Lipinski definition) is 7. The molecule has 0 aliphatic carbocycles. The molecule has 5 rings (SSSR count). The maximum Gasteiger partial charge on any atom is 0.253 e. The first-order valence-corrected chi connectivity index (χ1v) is 11.0. The van der Waals surface area contributed by atoms with Crippen molar-refractivity contribution in [3.8, 4) is 16.4 Å². The molecule has 0 atom stereocenters. The summed E-state index contributed by atoms with van der Waals surface area (Å²) in [5.74, 6) is 1.29. The van der Waals surface area contributed by atoms with Crippen molar-refractivity contribution in [2.24, 2.45) is 0 Å². The van der Waals surface area contributed by atoms with Crippen molar-refractivity contribution in [3.05, 3.63) is 71.2 Å². The Morgan fingerprint density at radius 3 is 2.58 bits per heavy atom. The van der Waals surface area contributed by atoms with Gasteiger partial charge in [-0.2, -0.15) is 10.1 Å². The summed E-state index contributed by atoms with van der Waals surface area (Å²) >= 11 is 1.59. The summed E-state index contributed by atoms with van der Waals surface area (Å²) in [6.45, 7) is 5.48. The Morgan fingerprint density at radius 2 is 1.90 bits per heavy atom. The number of carbonyl (C=O) groups excluding carboxylic acids is 1. The van der Waals surface area contributed by atoms with Crippen LogP contribution in [0.2, 0.25) is 0 Å². The first-order valence-electron chi connectivity index (χ1n) is 10.2. The van der Waals surface area contributed by atoms with Gasteiger partial charge in [-0.15, -0.1) is 11.3 Å². The van der Waals surface area contributed by atoms with Crippen molar-refractivity contribution in [1.82, 2.24) is 29.7 Å². The Kier molecular flexibility index (Phi) is 5.35. The van der Waals surface area contributed by atoms with Gasteiger partial charge in [-0.25, -0.2) is 4.68 Å². The van der Waals surface area contributed by atoms with E-state index in [0.29, 0.717) is 36.9 Å². The topological polar surface area (TPSA) is 80.3 Å². The molecule has 1 aromatic carbocycles. The fourth-order valence-electron chi connectivity index (χ4n) is 3.69. The highest BCUT2D eigenvalue weighted by molar-refractivity contribution is 7.13. The van der Waals surface area contributed by atoms with E-state index in [4.69, 9.17) is 4.52 Å². The van der Waals surface area contributed by atoms with Gasteiger partial charge in [0, 0.05) is 43.6 Å². The van der Waals surface area contributed by atoms with E-state index in [-0.39, 0.29) is 5.91 Å². The van der Waals surface area contributed by atoms with Crippen molar-refractivity contribution in [1.29, 1.82) is 0 Å². The highest BCUT2D eigenvalue weighted by Crippen LogP contribution is 2.22. The zero-order chi connectivity index (χ0) is 21.2. The van der Waals surface area contributed by atoms with Gasteiger partial charge in [-0.1, -0.05) is 11.2 Å². The molecular weight excluding hydrogens is 412 g/mol. The maximum atomic E-state index is 12.9. The van der Waals surface area contributed by atoms with E-state index >= 15 is 0 Å². The van der Waals surface area contributed by atoms with E-state index in [2.05, 4.69) is 20.1 Å². The van der Waals surface area contributed by atoms with E-state index in [1.807, 2.05) is 64.4 Å². The van der Waals surface area contributed by atoms with E-state index in [1.54, 1.807) is 17.5 Å². The lowest BCUT2D eigenvalue weighted by atomic mass is 10.1. The van der Waals surface area contributed by atoms with Crippen LogP contribution in [-0.4, -0.2) is 61.8 Å². The molecule has 0 radical (unpaired) electrons. The van der Waals surface area contributed by atoms with E-state index in [9.17, 15) is 4.79 Å². The molecule has 31 heavy (non-hydrogen) atoms. The molecule has 1 saturated heterocycles. The number of thiophene rings is 1. The molecule has 1 aliphatic rings. The lowest BCUT2D eigenvalue weighted by Crippen LogP contribution is -2.48. The van der Waals surface area contributed by atoms with Gasteiger partial charge >= 0.3 is 0 Å². The molecule has 4 aromatic rings. The Morgan fingerprint density at radius 1 is 1.10 bits per heavy atom.